The van der Waals surface area contributed by atoms with E-state index in [0.29, 0.717) is 11.4 Å². The first kappa shape index (κ1) is 16.7. The summed E-state index contributed by atoms with van der Waals surface area (Å²) >= 11 is 0. The first-order chi connectivity index (χ1) is 13.0. The topological polar surface area (TPSA) is 95.9 Å². The summed E-state index contributed by atoms with van der Waals surface area (Å²) in [6, 6.07) is 14.6. The van der Waals surface area contributed by atoms with E-state index in [4.69, 9.17) is 4.74 Å². The summed E-state index contributed by atoms with van der Waals surface area (Å²) in [5.74, 6) is -1.32. The molecule has 3 N–H and O–H groups in total. The van der Waals surface area contributed by atoms with Gasteiger partial charge in [-0.2, -0.15) is 0 Å². The number of hydrogen-bond donors (Lipinski definition) is 3. The van der Waals surface area contributed by atoms with Crippen molar-refractivity contribution < 1.29 is 24.5 Å². The summed E-state index contributed by atoms with van der Waals surface area (Å²) in [7, 11) is 1.55. The van der Waals surface area contributed by atoms with Crippen molar-refractivity contribution >= 4 is 22.9 Å². The van der Waals surface area contributed by atoms with Crippen LogP contribution in [0.15, 0.2) is 54.6 Å². The minimum Gasteiger partial charge on any atom is -0.504 e. The number of carbonyl (C=O) groups is 2. The zero-order valence-corrected chi connectivity index (χ0v) is 14.3. The van der Waals surface area contributed by atoms with Crippen molar-refractivity contribution in [3.8, 4) is 17.2 Å². The second-order valence-electron chi connectivity index (χ2n) is 6.10. The number of ketones is 2. The van der Waals surface area contributed by atoms with Gasteiger partial charge in [0.05, 0.1) is 23.9 Å². The van der Waals surface area contributed by atoms with E-state index in [1.54, 1.807) is 49.6 Å². The van der Waals surface area contributed by atoms with Crippen molar-refractivity contribution in [1.29, 1.82) is 0 Å². The first-order valence-electron chi connectivity index (χ1n) is 8.19. The first-order valence-corrected chi connectivity index (χ1v) is 8.19. The van der Waals surface area contributed by atoms with Gasteiger partial charge in [-0.25, -0.2) is 0 Å². The van der Waals surface area contributed by atoms with Crippen molar-refractivity contribution in [1.82, 2.24) is 0 Å². The van der Waals surface area contributed by atoms with Crippen LogP contribution in [0.4, 0.5) is 11.4 Å². The molecule has 0 unspecified atom stereocenters. The maximum absolute atomic E-state index is 13.0. The molecule has 1 aliphatic rings. The fraction of sp³-hybridized carbons (Fsp3) is 0.0476. The highest BCUT2D eigenvalue weighted by atomic mass is 16.5. The predicted molar refractivity (Wildman–Crippen MR) is 99.4 cm³/mol. The molecule has 0 fully saturated rings. The minimum atomic E-state index is -0.599. The predicted octanol–water partition coefficient (Wildman–Crippen LogP) is 3.63. The van der Waals surface area contributed by atoms with Crippen molar-refractivity contribution in [2.75, 3.05) is 12.4 Å². The standard InChI is InChI=1S/C21H15NO5/c1-27-12-8-6-11(7-9-12)22-15-10-16(23)21(26)18-17(15)19(24)13-4-2-3-5-14(13)20(18)25/h2-10,22-23,26H,1H3. The van der Waals surface area contributed by atoms with Gasteiger partial charge in [0.15, 0.2) is 23.1 Å². The summed E-state index contributed by atoms with van der Waals surface area (Å²) < 4.78 is 5.12. The fourth-order valence-corrected chi connectivity index (χ4v) is 3.19. The Morgan fingerprint density at radius 2 is 1.44 bits per heavy atom. The molecule has 0 radical (unpaired) electrons. The van der Waals surface area contributed by atoms with Gasteiger partial charge in [-0.15, -0.1) is 0 Å². The lowest BCUT2D eigenvalue weighted by molar-refractivity contribution is 0.0977. The van der Waals surface area contributed by atoms with Gasteiger partial charge in [-0.1, -0.05) is 24.3 Å². The van der Waals surface area contributed by atoms with Gasteiger partial charge in [-0.05, 0) is 24.3 Å². The van der Waals surface area contributed by atoms with E-state index in [0.717, 1.165) is 0 Å². The molecule has 0 amide bonds. The molecule has 0 aromatic heterocycles. The zero-order valence-electron chi connectivity index (χ0n) is 14.3. The third-order valence-corrected chi connectivity index (χ3v) is 4.52. The van der Waals surface area contributed by atoms with E-state index in [-0.39, 0.29) is 27.9 Å². The Balaban J connectivity index is 1.88. The average Bonchev–Trinajstić information content (AvgIpc) is 2.69. The summed E-state index contributed by atoms with van der Waals surface area (Å²) in [6.45, 7) is 0. The van der Waals surface area contributed by atoms with Crippen molar-refractivity contribution in [2.24, 2.45) is 0 Å². The van der Waals surface area contributed by atoms with Gasteiger partial charge < -0.3 is 20.3 Å². The van der Waals surface area contributed by atoms with Gasteiger partial charge in [0.25, 0.3) is 0 Å². The molecule has 0 atom stereocenters. The molecule has 3 aromatic carbocycles. The number of methoxy groups -OCH3 is 1. The second kappa shape index (κ2) is 6.17. The molecule has 6 heteroatoms. The Hall–Kier alpha value is -3.80. The van der Waals surface area contributed by atoms with E-state index < -0.39 is 23.1 Å². The molecule has 3 aromatic rings. The molecule has 4 rings (SSSR count). The van der Waals surface area contributed by atoms with E-state index >= 15 is 0 Å². The van der Waals surface area contributed by atoms with Crippen LogP contribution in [0.5, 0.6) is 17.2 Å². The van der Waals surface area contributed by atoms with Gasteiger partial charge in [0.2, 0.25) is 0 Å². The maximum atomic E-state index is 13.0. The van der Waals surface area contributed by atoms with Crippen LogP contribution in [0.25, 0.3) is 0 Å². The van der Waals surface area contributed by atoms with Crippen molar-refractivity contribution in [3.63, 3.8) is 0 Å². The van der Waals surface area contributed by atoms with Gasteiger partial charge in [-0.3, -0.25) is 9.59 Å². The van der Waals surface area contributed by atoms with Crippen LogP contribution in [0.1, 0.15) is 31.8 Å². The highest BCUT2D eigenvalue weighted by Crippen LogP contribution is 2.43. The molecule has 0 aliphatic heterocycles. The Bertz CT molecular complexity index is 1090. The van der Waals surface area contributed by atoms with Crippen molar-refractivity contribution in [2.45, 2.75) is 0 Å². The Morgan fingerprint density at radius 1 is 0.852 bits per heavy atom. The number of carbonyl (C=O) groups excluding carboxylic acids is 2. The van der Waals surface area contributed by atoms with E-state index in [1.165, 1.54) is 12.1 Å². The lowest BCUT2D eigenvalue weighted by Crippen LogP contribution is -2.22. The number of benzene rings is 3. The molecule has 0 spiro atoms. The van der Waals surface area contributed by atoms with Gasteiger partial charge >= 0.3 is 0 Å². The van der Waals surface area contributed by atoms with E-state index in [1.807, 2.05) is 0 Å². The number of rotatable bonds is 3. The largest absolute Gasteiger partial charge is 0.504 e. The third-order valence-electron chi connectivity index (χ3n) is 4.52. The SMILES string of the molecule is COc1ccc(Nc2cc(O)c(O)c3c2C(=O)c2ccccc2C3=O)cc1. The van der Waals surface area contributed by atoms with E-state index in [2.05, 4.69) is 5.32 Å². The summed E-state index contributed by atoms with van der Waals surface area (Å²) in [6.07, 6.45) is 0. The van der Waals surface area contributed by atoms with Crippen LogP contribution >= 0.6 is 0 Å². The number of nitrogens with one attached hydrogen (secondary N) is 1. The Labute approximate surface area is 154 Å². The average molecular weight is 361 g/mol. The molecule has 0 saturated heterocycles. The summed E-state index contributed by atoms with van der Waals surface area (Å²) in [4.78, 5) is 25.9. The number of aromatic hydroxyl groups is 2. The molecular weight excluding hydrogens is 346 g/mol. The summed E-state index contributed by atoms with van der Waals surface area (Å²) in [5.41, 5.74) is 1.16. The third kappa shape index (κ3) is 2.58. The molecule has 0 heterocycles. The van der Waals surface area contributed by atoms with Crippen LogP contribution in [-0.2, 0) is 0 Å². The van der Waals surface area contributed by atoms with Crippen molar-refractivity contribution in [3.05, 3.63) is 76.9 Å². The lowest BCUT2D eigenvalue weighted by atomic mass is 9.82. The van der Waals surface area contributed by atoms with Crippen LogP contribution < -0.4 is 10.1 Å². The Morgan fingerprint density at radius 3 is 2.04 bits per heavy atom. The molecule has 1 aliphatic carbocycles. The monoisotopic (exact) mass is 361 g/mol. The van der Waals surface area contributed by atoms with Gasteiger partial charge in [0, 0.05) is 22.9 Å². The minimum absolute atomic E-state index is 0.0322. The Kier molecular flexibility index (Phi) is 3.81. The molecular formula is C21H15NO5. The molecule has 134 valence electrons. The van der Waals surface area contributed by atoms with Crippen LogP contribution in [0.3, 0.4) is 0 Å². The number of ether oxygens (including phenoxy) is 1. The fourth-order valence-electron chi connectivity index (χ4n) is 3.19. The molecule has 0 saturated carbocycles. The highest BCUT2D eigenvalue weighted by molar-refractivity contribution is 6.31. The number of anilines is 2. The van der Waals surface area contributed by atoms with Gasteiger partial charge in [0.1, 0.15) is 5.75 Å². The smallest absolute Gasteiger partial charge is 0.198 e. The van der Waals surface area contributed by atoms with E-state index in [9.17, 15) is 19.8 Å². The zero-order chi connectivity index (χ0) is 19.1. The second-order valence-corrected chi connectivity index (χ2v) is 6.10. The van der Waals surface area contributed by atoms with Crippen LogP contribution in [-0.4, -0.2) is 28.9 Å². The normalized spacial score (nSPS) is 12.3. The maximum Gasteiger partial charge on any atom is 0.198 e. The highest BCUT2D eigenvalue weighted by Gasteiger charge is 2.35. The number of phenols is 2. The van der Waals surface area contributed by atoms with Crippen LogP contribution in [0, 0.1) is 0 Å². The lowest BCUT2D eigenvalue weighted by Gasteiger charge is -2.22. The quantitative estimate of drug-likeness (QED) is 0.381. The number of fused-ring (bicyclic) bond motifs is 2. The molecule has 6 nitrogen and oxygen atoms in total. The van der Waals surface area contributed by atoms with Crippen LogP contribution in [0.2, 0.25) is 0 Å². The number of phenolic OH excluding ortho intramolecular Hbond substituents is 2. The molecule has 0 bridgehead atoms. The number of hydrogen-bond acceptors (Lipinski definition) is 6. The molecule has 27 heavy (non-hydrogen) atoms. The summed E-state index contributed by atoms with van der Waals surface area (Å²) in [5, 5.41) is 23.4.